The number of rotatable bonds is 6. The summed E-state index contributed by atoms with van der Waals surface area (Å²) in [6.07, 6.45) is 0.633. The molecule has 0 radical (unpaired) electrons. The maximum absolute atomic E-state index is 12.6. The summed E-state index contributed by atoms with van der Waals surface area (Å²) >= 11 is 0. The third kappa shape index (κ3) is 4.62. The molecule has 30 heavy (non-hydrogen) atoms. The van der Waals surface area contributed by atoms with E-state index >= 15 is 0 Å². The average Bonchev–Trinajstić information content (AvgIpc) is 3.10. The number of nitrogens with zero attached hydrogens (tertiary/aromatic N) is 2. The molecular weight excluding hydrogens is 380 g/mol. The van der Waals surface area contributed by atoms with Crippen molar-refractivity contribution >= 4 is 23.3 Å². The molecule has 1 heterocycles. The third-order valence-corrected chi connectivity index (χ3v) is 4.59. The van der Waals surface area contributed by atoms with E-state index in [0.717, 1.165) is 5.56 Å². The van der Waals surface area contributed by atoms with Crippen molar-refractivity contribution in [3.63, 3.8) is 0 Å². The van der Waals surface area contributed by atoms with Gasteiger partial charge in [-0.2, -0.15) is 5.26 Å². The van der Waals surface area contributed by atoms with Crippen LogP contribution in [0.3, 0.4) is 0 Å². The van der Waals surface area contributed by atoms with E-state index in [1.807, 2.05) is 31.2 Å². The number of carbonyl (C=O) groups is 2. The molecule has 0 atom stereocenters. The van der Waals surface area contributed by atoms with Gasteiger partial charge in [0.1, 0.15) is 17.5 Å². The average molecular weight is 402 g/mol. The van der Waals surface area contributed by atoms with Gasteiger partial charge in [0.2, 0.25) is 0 Å². The number of hydrogen-bond acceptors (Lipinski definition) is 5. The number of fused-ring (bicyclic) bond motifs is 1. The molecular formula is C23H22N4O3. The van der Waals surface area contributed by atoms with Gasteiger partial charge in [0.25, 0.3) is 11.8 Å². The van der Waals surface area contributed by atoms with Gasteiger partial charge in [-0.25, -0.2) is 4.99 Å². The lowest BCUT2D eigenvalue weighted by Gasteiger charge is -2.06. The lowest BCUT2D eigenvalue weighted by Crippen LogP contribution is -2.30. The van der Waals surface area contributed by atoms with Crippen LogP contribution in [0.5, 0.6) is 0 Å². The highest BCUT2D eigenvalue weighted by molar-refractivity contribution is 6.20. The quantitative estimate of drug-likeness (QED) is 0.440. The number of hydrogen-bond donors (Lipinski definition) is 2. The number of amidine groups is 1. The van der Waals surface area contributed by atoms with Crippen LogP contribution in [-0.2, 0) is 9.53 Å². The van der Waals surface area contributed by atoms with Crippen LogP contribution >= 0.6 is 0 Å². The first-order valence-corrected chi connectivity index (χ1v) is 9.53. The monoisotopic (exact) mass is 402 g/mol. The fraction of sp³-hybridized carbons (Fsp3) is 0.217. The molecule has 2 aromatic rings. The highest BCUT2D eigenvalue weighted by Gasteiger charge is 2.27. The standard InChI is InChI=1S/C23H22N4O3/c1-15-8-10-16(11-9-15)22(28)27-21-18-7-4-3-6-17(18)20(26-21)19(14-24)23(29)25-12-5-13-30-2/h3-4,6-11H,5,12-13H2,1-2H3,(H,25,29)(H,26,27,28). The Morgan fingerprint density at radius 2 is 1.80 bits per heavy atom. The Hall–Kier alpha value is -3.76. The number of carbonyl (C=O) groups excluding carboxylic acids is 2. The van der Waals surface area contributed by atoms with Crippen molar-refractivity contribution in [1.82, 2.24) is 10.6 Å². The molecule has 0 saturated heterocycles. The molecule has 152 valence electrons. The van der Waals surface area contributed by atoms with Gasteiger partial charge in [0.15, 0.2) is 0 Å². The molecule has 3 rings (SSSR count). The zero-order chi connectivity index (χ0) is 21.5. The van der Waals surface area contributed by atoms with Crippen LogP contribution in [0.4, 0.5) is 0 Å². The molecule has 0 unspecified atom stereocenters. The maximum atomic E-state index is 12.6. The van der Waals surface area contributed by atoms with Gasteiger partial charge in [-0.15, -0.1) is 0 Å². The molecule has 7 nitrogen and oxygen atoms in total. The second-order valence-corrected chi connectivity index (χ2v) is 6.76. The lowest BCUT2D eigenvalue weighted by molar-refractivity contribution is -0.117. The third-order valence-electron chi connectivity index (χ3n) is 4.59. The lowest BCUT2D eigenvalue weighted by atomic mass is 10.0. The van der Waals surface area contributed by atoms with Crippen molar-refractivity contribution in [2.75, 3.05) is 20.3 Å². The summed E-state index contributed by atoms with van der Waals surface area (Å²) in [5.41, 5.74) is 2.98. The van der Waals surface area contributed by atoms with Gasteiger partial charge in [0, 0.05) is 37.0 Å². The summed E-state index contributed by atoms with van der Waals surface area (Å²) in [6, 6.07) is 16.3. The topological polar surface area (TPSA) is 104 Å². The van der Waals surface area contributed by atoms with E-state index in [1.54, 1.807) is 37.4 Å². The smallest absolute Gasteiger partial charge is 0.264 e. The number of methoxy groups -OCH3 is 1. The van der Waals surface area contributed by atoms with Crippen molar-refractivity contribution in [3.05, 3.63) is 76.4 Å². The Morgan fingerprint density at radius 3 is 2.47 bits per heavy atom. The van der Waals surface area contributed by atoms with Crippen LogP contribution < -0.4 is 10.6 Å². The van der Waals surface area contributed by atoms with Gasteiger partial charge in [-0.3, -0.25) is 9.59 Å². The molecule has 0 spiro atoms. The van der Waals surface area contributed by atoms with Crippen LogP contribution in [0.1, 0.15) is 33.5 Å². The molecule has 1 aliphatic heterocycles. The fourth-order valence-corrected chi connectivity index (χ4v) is 3.02. The molecule has 2 amide bonds. The Balaban J connectivity index is 1.89. The second kappa shape index (κ2) is 9.63. The first-order valence-electron chi connectivity index (χ1n) is 9.53. The van der Waals surface area contributed by atoms with E-state index in [9.17, 15) is 14.9 Å². The molecule has 0 fully saturated rings. The number of nitrogens with one attached hydrogen (secondary N) is 2. The Labute approximate surface area is 175 Å². The Bertz CT molecular complexity index is 1060. The summed E-state index contributed by atoms with van der Waals surface area (Å²) in [7, 11) is 1.58. The van der Waals surface area contributed by atoms with Gasteiger partial charge in [0.05, 0.1) is 5.70 Å². The minimum absolute atomic E-state index is 0.0977. The molecule has 2 aromatic carbocycles. The Kier molecular flexibility index (Phi) is 6.73. The van der Waals surface area contributed by atoms with Crippen LogP contribution in [0.15, 0.2) is 59.1 Å². The van der Waals surface area contributed by atoms with E-state index in [1.165, 1.54) is 0 Å². The van der Waals surface area contributed by atoms with Crippen LogP contribution in [-0.4, -0.2) is 37.9 Å². The number of amides is 2. The number of ether oxygens (including phenoxy) is 1. The Morgan fingerprint density at radius 1 is 1.10 bits per heavy atom. The SMILES string of the molecule is COCCCNC(=O)C(C#N)=C1N=C(NC(=O)c2ccc(C)cc2)c2ccccc21. The van der Waals surface area contributed by atoms with Crippen LogP contribution in [0.2, 0.25) is 0 Å². The second-order valence-electron chi connectivity index (χ2n) is 6.76. The van der Waals surface area contributed by atoms with E-state index < -0.39 is 5.91 Å². The number of benzene rings is 2. The van der Waals surface area contributed by atoms with Gasteiger partial charge < -0.3 is 15.4 Å². The van der Waals surface area contributed by atoms with E-state index in [0.29, 0.717) is 42.1 Å². The molecule has 7 heteroatoms. The van der Waals surface area contributed by atoms with Gasteiger partial charge in [-0.1, -0.05) is 42.0 Å². The predicted octanol–water partition coefficient (Wildman–Crippen LogP) is 2.57. The maximum Gasteiger partial charge on any atom is 0.264 e. The zero-order valence-corrected chi connectivity index (χ0v) is 16.9. The van der Waals surface area contributed by atoms with Gasteiger partial charge in [-0.05, 0) is 25.5 Å². The van der Waals surface area contributed by atoms with Gasteiger partial charge >= 0.3 is 0 Å². The normalized spacial score (nSPS) is 13.7. The van der Waals surface area contributed by atoms with E-state index in [2.05, 4.69) is 15.6 Å². The number of nitriles is 1. The molecule has 2 N–H and O–H groups in total. The van der Waals surface area contributed by atoms with E-state index in [4.69, 9.17) is 4.74 Å². The summed E-state index contributed by atoms with van der Waals surface area (Å²) in [6.45, 7) is 2.84. The van der Waals surface area contributed by atoms with Crippen molar-refractivity contribution in [3.8, 4) is 6.07 Å². The van der Waals surface area contributed by atoms with Crippen LogP contribution in [0.25, 0.3) is 5.70 Å². The van der Waals surface area contributed by atoms with Crippen molar-refractivity contribution in [2.45, 2.75) is 13.3 Å². The molecule has 0 aliphatic carbocycles. The summed E-state index contributed by atoms with van der Waals surface area (Å²) < 4.78 is 4.96. The minimum atomic E-state index is -0.506. The van der Waals surface area contributed by atoms with Crippen molar-refractivity contribution < 1.29 is 14.3 Å². The first kappa shape index (κ1) is 21.0. The van der Waals surface area contributed by atoms with Crippen molar-refractivity contribution in [2.24, 2.45) is 4.99 Å². The highest BCUT2D eigenvalue weighted by atomic mass is 16.5. The summed E-state index contributed by atoms with van der Waals surface area (Å²) in [5.74, 6) is -0.508. The number of aliphatic imine (C=N–C) groups is 1. The zero-order valence-electron chi connectivity index (χ0n) is 16.9. The molecule has 0 bridgehead atoms. The molecule has 0 saturated carbocycles. The largest absolute Gasteiger partial charge is 0.385 e. The number of aryl methyl sites for hydroxylation is 1. The molecule has 1 aliphatic rings. The predicted molar refractivity (Wildman–Crippen MR) is 114 cm³/mol. The fourth-order valence-electron chi connectivity index (χ4n) is 3.02. The van der Waals surface area contributed by atoms with Crippen LogP contribution in [0, 0.1) is 18.3 Å². The summed E-state index contributed by atoms with van der Waals surface area (Å²) in [5, 5.41) is 15.1. The molecule has 0 aromatic heterocycles. The van der Waals surface area contributed by atoms with Crippen molar-refractivity contribution in [1.29, 1.82) is 5.26 Å². The first-order chi connectivity index (χ1) is 14.5. The minimum Gasteiger partial charge on any atom is -0.385 e. The summed E-state index contributed by atoms with van der Waals surface area (Å²) in [4.78, 5) is 29.6. The highest BCUT2D eigenvalue weighted by Crippen LogP contribution is 2.30. The van der Waals surface area contributed by atoms with E-state index in [-0.39, 0.29) is 17.2 Å².